The molecule has 0 heterocycles. The fraction of sp³-hybridized carbons (Fsp3) is 0.0667. The predicted molar refractivity (Wildman–Crippen MR) is 79.8 cm³/mol. The third-order valence-corrected chi connectivity index (χ3v) is 3.29. The van der Waals surface area contributed by atoms with Crippen LogP contribution in [0.2, 0.25) is 0 Å². The molecule has 21 heavy (non-hydrogen) atoms. The summed E-state index contributed by atoms with van der Waals surface area (Å²) in [6.45, 7) is 0. The van der Waals surface area contributed by atoms with Gasteiger partial charge in [0.05, 0.1) is 17.7 Å². The Balaban J connectivity index is 2.14. The van der Waals surface area contributed by atoms with Crippen molar-refractivity contribution in [3.05, 3.63) is 63.9 Å². The van der Waals surface area contributed by atoms with E-state index < -0.39 is 17.7 Å². The van der Waals surface area contributed by atoms with Gasteiger partial charge in [-0.25, -0.2) is 9.18 Å². The molecule has 0 aliphatic carbocycles. The Morgan fingerprint density at radius 3 is 2.43 bits per heavy atom. The summed E-state index contributed by atoms with van der Waals surface area (Å²) in [4.78, 5) is 22.9. The lowest BCUT2D eigenvalue weighted by Crippen LogP contribution is -2.17. The molecule has 2 N–H and O–H groups in total. The van der Waals surface area contributed by atoms with Gasteiger partial charge in [-0.3, -0.25) is 4.79 Å². The quantitative estimate of drug-likeness (QED) is 0.886. The molecule has 0 fully saturated rings. The van der Waals surface area contributed by atoms with Crippen molar-refractivity contribution in [1.29, 1.82) is 0 Å². The third-order valence-electron chi connectivity index (χ3n) is 2.76. The molecule has 4 nitrogen and oxygen atoms in total. The number of nitrogens with one attached hydrogen (secondary N) is 1. The van der Waals surface area contributed by atoms with E-state index in [1.165, 1.54) is 0 Å². The van der Waals surface area contributed by atoms with Gasteiger partial charge in [0.25, 0.3) is 0 Å². The molecule has 0 aliphatic heterocycles. The Labute approximate surface area is 128 Å². The third kappa shape index (κ3) is 4.13. The maximum Gasteiger partial charge on any atom is 0.337 e. The standard InChI is InChI=1S/C15H11BrFNO3/c16-10-3-1-9(2-4-10)7-14(19)18-13-8-11(17)5-6-12(13)15(20)21/h1-6,8H,7H2,(H,18,19)(H,20,21). The monoisotopic (exact) mass is 351 g/mol. The first-order chi connectivity index (χ1) is 9.95. The maximum atomic E-state index is 13.2. The molecule has 1 amide bonds. The van der Waals surface area contributed by atoms with Gasteiger partial charge in [0.15, 0.2) is 0 Å². The average molecular weight is 352 g/mol. The highest BCUT2D eigenvalue weighted by molar-refractivity contribution is 9.10. The van der Waals surface area contributed by atoms with E-state index in [0.29, 0.717) is 0 Å². The molecular weight excluding hydrogens is 341 g/mol. The number of halogens is 2. The Kier molecular flexibility index (Phi) is 4.70. The molecular formula is C15H11BrFNO3. The molecule has 0 unspecified atom stereocenters. The summed E-state index contributed by atoms with van der Waals surface area (Å²) in [5.74, 6) is -2.25. The molecule has 2 aromatic carbocycles. The van der Waals surface area contributed by atoms with Crippen molar-refractivity contribution in [2.75, 3.05) is 5.32 Å². The van der Waals surface area contributed by atoms with Crippen LogP contribution in [0.25, 0.3) is 0 Å². The van der Waals surface area contributed by atoms with Gasteiger partial charge in [0.2, 0.25) is 5.91 Å². The van der Waals surface area contributed by atoms with E-state index in [2.05, 4.69) is 21.2 Å². The second-order valence-corrected chi connectivity index (χ2v) is 5.26. The minimum atomic E-state index is -1.23. The van der Waals surface area contributed by atoms with Gasteiger partial charge in [-0.1, -0.05) is 28.1 Å². The molecule has 2 rings (SSSR count). The molecule has 0 aliphatic rings. The second-order valence-electron chi connectivity index (χ2n) is 4.35. The number of carbonyl (C=O) groups excluding carboxylic acids is 1. The van der Waals surface area contributed by atoms with Crippen LogP contribution in [0.3, 0.4) is 0 Å². The lowest BCUT2D eigenvalue weighted by Gasteiger charge is -2.09. The number of benzene rings is 2. The molecule has 0 saturated carbocycles. The number of rotatable bonds is 4. The fourth-order valence-electron chi connectivity index (χ4n) is 1.79. The zero-order valence-electron chi connectivity index (χ0n) is 10.8. The summed E-state index contributed by atoms with van der Waals surface area (Å²) in [5, 5.41) is 11.4. The Morgan fingerprint density at radius 1 is 1.14 bits per heavy atom. The van der Waals surface area contributed by atoms with E-state index in [4.69, 9.17) is 5.11 Å². The lowest BCUT2D eigenvalue weighted by molar-refractivity contribution is -0.115. The maximum absolute atomic E-state index is 13.2. The number of anilines is 1. The van der Waals surface area contributed by atoms with Crippen LogP contribution in [0.1, 0.15) is 15.9 Å². The van der Waals surface area contributed by atoms with Crippen molar-refractivity contribution in [1.82, 2.24) is 0 Å². The summed E-state index contributed by atoms with van der Waals surface area (Å²) in [5.41, 5.74) is 0.564. The summed E-state index contributed by atoms with van der Waals surface area (Å²) in [6.07, 6.45) is 0.0723. The topological polar surface area (TPSA) is 66.4 Å². The molecule has 2 aromatic rings. The first-order valence-corrected chi connectivity index (χ1v) is 6.82. The number of hydrogen-bond acceptors (Lipinski definition) is 2. The van der Waals surface area contributed by atoms with Crippen LogP contribution < -0.4 is 5.32 Å². The predicted octanol–water partition coefficient (Wildman–Crippen LogP) is 3.47. The molecule has 0 saturated heterocycles. The van der Waals surface area contributed by atoms with Gasteiger partial charge >= 0.3 is 5.97 Å². The number of amides is 1. The van der Waals surface area contributed by atoms with Crippen molar-refractivity contribution in [3.8, 4) is 0 Å². The van der Waals surface area contributed by atoms with E-state index in [9.17, 15) is 14.0 Å². The zero-order valence-corrected chi connectivity index (χ0v) is 12.4. The Hall–Kier alpha value is -2.21. The minimum Gasteiger partial charge on any atom is -0.478 e. The molecule has 108 valence electrons. The molecule has 0 bridgehead atoms. The van der Waals surface area contributed by atoms with E-state index in [1.807, 2.05) is 0 Å². The van der Waals surface area contributed by atoms with Crippen molar-refractivity contribution in [2.45, 2.75) is 6.42 Å². The highest BCUT2D eigenvalue weighted by Gasteiger charge is 2.13. The fourth-order valence-corrected chi connectivity index (χ4v) is 2.05. The van der Waals surface area contributed by atoms with Gasteiger partial charge in [-0.2, -0.15) is 0 Å². The largest absolute Gasteiger partial charge is 0.478 e. The number of carboxylic acids is 1. The van der Waals surface area contributed by atoms with Gasteiger partial charge < -0.3 is 10.4 Å². The number of carbonyl (C=O) groups is 2. The zero-order chi connectivity index (χ0) is 15.4. The second kappa shape index (κ2) is 6.49. The van der Waals surface area contributed by atoms with Gasteiger partial charge in [-0.15, -0.1) is 0 Å². The van der Waals surface area contributed by atoms with Crippen LogP contribution in [0.4, 0.5) is 10.1 Å². The molecule has 6 heteroatoms. The van der Waals surface area contributed by atoms with Crippen LogP contribution in [0, 0.1) is 5.82 Å². The summed E-state index contributed by atoms with van der Waals surface area (Å²) < 4.78 is 14.1. The van der Waals surface area contributed by atoms with E-state index in [0.717, 1.165) is 28.2 Å². The normalized spacial score (nSPS) is 10.2. The first-order valence-electron chi connectivity index (χ1n) is 6.03. The Bertz CT molecular complexity index is 686. The summed E-state index contributed by atoms with van der Waals surface area (Å²) in [7, 11) is 0. The average Bonchev–Trinajstić information content (AvgIpc) is 2.41. The lowest BCUT2D eigenvalue weighted by atomic mass is 10.1. The first kappa shape index (κ1) is 15.2. The van der Waals surface area contributed by atoms with Crippen molar-refractivity contribution < 1.29 is 19.1 Å². The van der Waals surface area contributed by atoms with Crippen LogP contribution in [-0.4, -0.2) is 17.0 Å². The van der Waals surface area contributed by atoms with Crippen molar-refractivity contribution in [3.63, 3.8) is 0 Å². The highest BCUT2D eigenvalue weighted by atomic mass is 79.9. The molecule has 0 atom stereocenters. The SMILES string of the molecule is O=C(Cc1ccc(Br)cc1)Nc1cc(F)ccc1C(=O)O. The minimum absolute atomic E-state index is 0.0513. The summed E-state index contributed by atoms with van der Waals surface area (Å²) >= 11 is 3.29. The Morgan fingerprint density at radius 2 is 1.81 bits per heavy atom. The van der Waals surface area contributed by atoms with Crippen LogP contribution in [0.5, 0.6) is 0 Å². The van der Waals surface area contributed by atoms with Gasteiger partial charge in [0, 0.05) is 4.47 Å². The highest BCUT2D eigenvalue weighted by Crippen LogP contribution is 2.18. The van der Waals surface area contributed by atoms with Gasteiger partial charge in [-0.05, 0) is 35.9 Å². The van der Waals surface area contributed by atoms with E-state index >= 15 is 0 Å². The van der Waals surface area contributed by atoms with E-state index in [1.54, 1.807) is 24.3 Å². The van der Waals surface area contributed by atoms with Crippen molar-refractivity contribution >= 4 is 33.5 Å². The molecule has 0 radical (unpaired) electrons. The van der Waals surface area contributed by atoms with E-state index in [-0.39, 0.29) is 17.7 Å². The number of hydrogen-bond donors (Lipinski definition) is 2. The smallest absolute Gasteiger partial charge is 0.337 e. The van der Waals surface area contributed by atoms with Crippen molar-refractivity contribution in [2.24, 2.45) is 0 Å². The molecule has 0 spiro atoms. The molecule has 0 aromatic heterocycles. The summed E-state index contributed by atoms with van der Waals surface area (Å²) in [6, 6.07) is 10.3. The van der Waals surface area contributed by atoms with Crippen LogP contribution in [-0.2, 0) is 11.2 Å². The van der Waals surface area contributed by atoms with Crippen LogP contribution >= 0.6 is 15.9 Å². The van der Waals surface area contributed by atoms with Crippen LogP contribution in [0.15, 0.2) is 46.9 Å². The van der Waals surface area contributed by atoms with Gasteiger partial charge in [0.1, 0.15) is 5.82 Å². The number of carboxylic acid groups (broad SMARTS) is 1. The number of aromatic carboxylic acids is 1.